The van der Waals surface area contributed by atoms with Crippen molar-refractivity contribution in [3.05, 3.63) is 70.7 Å². The van der Waals surface area contributed by atoms with E-state index >= 15 is 0 Å². The third-order valence-electron chi connectivity index (χ3n) is 5.06. The second-order valence-corrected chi connectivity index (χ2v) is 8.12. The maximum Gasteiger partial charge on any atom is 0.325 e. The van der Waals surface area contributed by atoms with Crippen LogP contribution in [0.15, 0.2) is 54.6 Å². The first-order chi connectivity index (χ1) is 17.3. The van der Waals surface area contributed by atoms with Crippen molar-refractivity contribution in [3.63, 3.8) is 0 Å². The van der Waals surface area contributed by atoms with Gasteiger partial charge in [0.15, 0.2) is 5.69 Å². The largest absolute Gasteiger partial charge is 0.497 e. The van der Waals surface area contributed by atoms with E-state index in [0.717, 1.165) is 0 Å². The molecular weight excluding hydrogens is 486 g/mol. The summed E-state index contributed by atoms with van der Waals surface area (Å²) in [6.45, 7) is 1.40. The van der Waals surface area contributed by atoms with Crippen LogP contribution in [0.2, 0.25) is 0 Å². The lowest BCUT2D eigenvalue weighted by Gasteiger charge is -2.31. The summed E-state index contributed by atoms with van der Waals surface area (Å²) < 4.78 is 14.0. The van der Waals surface area contributed by atoms with Gasteiger partial charge in [0.05, 0.1) is 19.4 Å². The molecule has 36 heavy (non-hydrogen) atoms. The number of nitrogens with one attached hydrogen (secondary N) is 1. The molecule has 0 bridgehead atoms. The van der Waals surface area contributed by atoms with Crippen molar-refractivity contribution in [2.24, 2.45) is 5.73 Å². The number of nitrogens with zero attached hydrogens (tertiary/aromatic N) is 2. The van der Waals surface area contributed by atoms with Gasteiger partial charge in [-0.2, -0.15) is 4.37 Å². The van der Waals surface area contributed by atoms with Crippen LogP contribution in [-0.4, -0.2) is 48.3 Å². The SMILES string of the molecule is CCOC(=O)CNC(=O)C(c1ccc(OC)cc1)N(C(=O)c1snc(C(N)=O)c1N)c1ccccc1. The number of para-hydroxylation sites is 1. The fraction of sp³-hybridized carbons (Fsp3) is 0.208. The molecule has 0 fully saturated rings. The van der Waals surface area contributed by atoms with Crippen molar-refractivity contribution in [2.75, 3.05) is 30.9 Å². The first-order valence-electron chi connectivity index (χ1n) is 10.8. The summed E-state index contributed by atoms with van der Waals surface area (Å²) in [5, 5.41) is 2.53. The molecule has 0 aliphatic heterocycles. The molecule has 2 aromatic carbocycles. The van der Waals surface area contributed by atoms with Crippen LogP contribution in [0.5, 0.6) is 5.75 Å². The second kappa shape index (κ2) is 11.8. The highest BCUT2D eigenvalue weighted by Crippen LogP contribution is 2.33. The molecule has 11 nitrogen and oxygen atoms in total. The minimum Gasteiger partial charge on any atom is -0.497 e. The van der Waals surface area contributed by atoms with Gasteiger partial charge in [-0.1, -0.05) is 30.3 Å². The van der Waals surface area contributed by atoms with Crippen molar-refractivity contribution in [3.8, 4) is 5.75 Å². The lowest BCUT2D eigenvalue weighted by Crippen LogP contribution is -2.45. The van der Waals surface area contributed by atoms with Gasteiger partial charge in [-0.25, -0.2) is 0 Å². The Hall–Kier alpha value is -4.45. The summed E-state index contributed by atoms with van der Waals surface area (Å²) in [5.74, 6) is -2.30. The third-order valence-corrected chi connectivity index (χ3v) is 5.91. The molecule has 12 heteroatoms. The molecule has 0 radical (unpaired) electrons. The van der Waals surface area contributed by atoms with E-state index in [1.165, 1.54) is 12.0 Å². The van der Waals surface area contributed by atoms with E-state index in [1.807, 2.05) is 0 Å². The Morgan fingerprint density at radius 2 is 1.75 bits per heavy atom. The minimum absolute atomic E-state index is 0.0654. The Labute approximate surface area is 211 Å². The number of nitrogen functional groups attached to an aromatic ring is 1. The van der Waals surface area contributed by atoms with Gasteiger partial charge in [0.25, 0.3) is 11.8 Å². The lowest BCUT2D eigenvalue weighted by molar-refractivity contribution is -0.143. The van der Waals surface area contributed by atoms with Gasteiger partial charge in [0, 0.05) is 5.69 Å². The molecule has 0 saturated heterocycles. The molecule has 3 rings (SSSR count). The van der Waals surface area contributed by atoms with Gasteiger partial charge in [-0.3, -0.25) is 24.1 Å². The van der Waals surface area contributed by atoms with Crippen molar-refractivity contribution >= 4 is 46.6 Å². The molecule has 0 saturated carbocycles. The zero-order valence-electron chi connectivity index (χ0n) is 19.6. The number of amides is 3. The Kier molecular flexibility index (Phi) is 8.57. The average Bonchev–Trinajstić information content (AvgIpc) is 3.27. The summed E-state index contributed by atoms with van der Waals surface area (Å²) in [7, 11) is 1.50. The van der Waals surface area contributed by atoms with Crippen LogP contribution in [0.4, 0.5) is 11.4 Å². The molecule has 1 atom stereocenters. The van der Waals surface area contributed by atoms with Gasteiger partial charge in [-0.05, 0) is 48.3 Å². The second-order valence-electron chi connectivity index (χ2n) is 7.35. The predicted octanol–water partition coefficient (Wildman–Crippen LogP) is 1.90. The Balaban J connectivity index is 2.12. The summed E-state index contributed by atoms with van der Waals surface area (Å²) >= 11 is 0.698. The zero-order valence-corrected chi connectivity index (χ0v) is 20.4. The van der Waals surface area contributed by atoms with Crippen LogP contribution in [0.3, 0.4) is 0 Å². The van der Waals surface area contributed by atoms with E-state index in [4.69, 9.17) is 20.9 Å². The Bertz CT molecular complexity index is 1250. The average molecular weight is 512 g/mol. The Morgan fingerprint density at radius 3 is 2.31 bits per heavy atom. The predicted molar refractivity (Wildman–Crippen MR) is 134 cm³/mol. The normalized spacial score (nSPS) is 11.3. The van der Waals surface area contributed by atoms with Crippen LogP contribution in [-0.2, 0) is 14.3 Å². The molecular formula is C24H25N5O6S. The molecule has 0 aliphatic rings. The van der Waals surface area contributed by atoms with Crippen LogP contribution in [0.25, 0.3) is 0 Å². The van der Waals surface area contributed by atoms with E-state index in [0.29, 0.717) is 28.5 Å². The van der Waals surface area contributed by atoms with E-state index in [-0.39, 0.29) is 22.9 Å². The molecule has 1 unspecified atom stereocenters. The lowest BCUT2D eigenvalue weighted by atomic mass is 10.0. The highest BCUT2D eigenvalue weighted by Gasteiger charge is 2.36. The number of anilines is 2. The van der Waals surface area contributed by atoms with Crippen LogP contribution in [0, 0.1) is 0 Å². The standard InChI is InChI=1S/C24H25N5O6S/c1-3-35-17(30)13-27-23(32)20(14-9-11-16(34-2)12-10-14)29(15-7-5-4-6-8-15)24(33)21-18(25)19(22(26)31)28-36-21/h4-12,20H,3,13,25H2,1-2H3,(H2,26,31)(H,27,32). The van der Waals surface area contributed by atoms with Crippen LogP contribution in [0.1, 0.15) is 38.7 Å². The quantitative estimate of drug-likeness (QED) is 0.347. The van der Waals surface area contributed by atoms with Crippen molar-refractivity contribution < 1.29 is 28.7 Å². The number of esters is 1. The molecule has 188 valence electrons. The van der Waals surface area contributed by atoms with Gasteiger partial charge in [0.2, 0.25) is 5.91 Å². The van der Waals surface area contributed by atoms with Gasteiger partial charge < -0.3 is 26.3 Å². The van der Waals surface area contributed by atoms with Crippen molar-refractivity contribution in [2.45, 2.75) is 13.0 Å². The first-order valence-corrected chi connectivity index (χ1v) is 11.6. The molecule has 0 aliphatic carbocycles. The summed E-state index contributed by atoms with van der Waals surface area (Å²) in [5.41, 5.74) is 11.7. The van der Waals surface area contributed by atoms with Gasteiger partial charge >= 0.3 is 5.97 Å². The number of ether oxygens (including phenoxy) is 2. The van der Waals surface area contributed by atoms with Crippen molar-refractivity contribution in [1.29, 1.82) is 0 Å². The van der Waals surface area contributed by atoms with Gasteiger partial charge in [0.1, 0.15) is 23.2 Å². The molecule has 0 spiro atoms. The first kappa shape index (κ1) is 26.2. The highest BCUT2D eigenvalue weighted by molar-refractivity contribution is 7.09. The number of carbonyl (C=O) groups excluding carboxylic acids is 4. The fourth-order valence-electron chi connectivity index (χ4n) is 3.38. The Morgan fingerprint density at radius 1 is 1.08 bits per heavy atom. The number of benzene rings is 2. The minimum atomic E-state index is -1.24. The van der Waals surface area contributed by atoms with Crippen molar-refractivity contribution in [1.82, 2.24) is 9.69 Å². The number of aromatic nitrogens is 1. The molecule has 1 aromatic heterocycles. The molecule has 3 amide bonds. The number of methoxy groups -OCH3 is 1. The van der Waals surface area contributed by atoms with E-state index < -0.39 is 36.3 Å². The monoisotopic (exact) mass is 511 g/mol. The summed E-state index contributed by atoms with van der Waals surface area (Å²) in [6.07, 6.45) is 0. The maximum atomic E-state index is 13.9. The summed E-state index contributed by atoms with van der Waals surface area (Å²) in [4.78, 5) is 52.1. The van der Waals surface area contributed by atoms with Gasteiger partial charge in [-0.15, -0.1) is 0 Å². The fourth-order valence-corrected chi connectivity index (χ4v) is 4.12. The van der Waals surface area contributed by atoms with E-state index in [9.17, 15) is 19.2 Å². The maximum absolute atomic E-state index is 13.9. The summed E-state index contributed by atoms with van der Waals surface area (Å²) in [6, 6.07) is 13.7. The van der Waals surface area contributed by atoms with Crippen LogP contribution < -0.4 is 26.4 Å². The third kappa shape index (κ3) is 5.78. The number of hydrogen-bond donors (Lipinski definition) is 3. The zero-order chi connectivity index (χ0) is 26.2. The van der Waals surface area contributed by atoms with Crippen LogP contribution >= 0.6 is 11.5 Å². The number of carbonyl (C=O) groups is 4. The number of nitrogens with two attached hydrogens (primary N) is 2. The van der Waals surface area contributed by atoms with E-state index in [1.54, 1.807) is 61.5 Å². The highest BCUT2D eigenvalue weighted by atomic mass is 32.1. The molecule has 3 aromatic rings. The number of rotatable bonds is 10. The number of hydrogen-bond acceptors (Lipinski definition) is 9. The molecule has 5 N–H and O–H groups in total. The smallest absolute Gasteiger partial charge is 0.325 e. The number of primary amides is 1. The molecule has 1 heterocycles. The van der Waals surface area contributed by atoms with E-state index in [2.05, 4.69) is 9.69 Å². The topological polar surface area (TPSA) is 167 Å².